The van der Waals surface area contributed by atoms with Crippen LogP contribution in [-0.2, 0) is 11.3 Å². The fourth-order valence-electron chi connectivity index (χ4n) is 3.22. The van der Waals surface area contributed by atoms with Crippen LogP contribution in [0.4, 0.5) is 0 Å². The van der Waals surface area contributed by atoms with E-state index in [9.17, 15) is 4.79 Å². The molecule has 3 rings (SSSR count). The molecule has 1 aromatic rings. The Balaban J connectivity index is 1.79. The normalized spacial score (nSPS) is 23.2. The molecule has 1 spiro atoms. The second-order valence-electron chi connectivity index (χ2n) is 5.40. The van der Waals surface area contributed by atoms with Crippen LogP contribution in [0.15, 0.2) is 24.4 Å². The Morgan fingerprint density at radius 1 is 1.28 bits per heavy atom. The first-order valence-corrected chi connectivity index (χ1v) is 6.76. The van der Waals surface area contributed by atoms with Crippen LogP contribution in [0.5, 0.6) is 0 Å². The molecule has 0 aromatic carbocycles. The van der Waals surface area contributed by atoms with E-state index in [-0.39, 0.29) is 11.4 Å². The Labute approximate surface area is 107 Å². The van der Waals surface area contributed by atoms with Gasteiger partial charge < -0.3 is 0 Å². The van der Waals surface area contributed by atoms with E-state index in [0.29, 0.717) is 13.0 Å². The molecule has 1 aliphatic heterocycles. The van der Waals surface area contributed by atoms with Gasteiger partial charge in [-0.15, -0.1) is 0 Å². The zero-order valence-electron chi connectivity index (χ0n) is 10.6. The van der Waals surface area contributed by atoms with Crippen molar-refractivity contribution >= 4 is 5.91 Å². The van der Waals surface area contributed by atoms with E-state index >= 15 is 0 Å². The predicted molar refractivity (Wildman–Crippen MR) is 68.4 cm³/mol. The first kappa shape index (κ1) is 11.7. The Kier molecular flexibility index (Phi) is 3.04. The van der Waals surface area contributed by atoms with Gasteiger partial charge >= 0.3 is 0 Å². The Morgan fingerprint density at radius 2 is 2.11 bits per heavy atom. The van der Waals surface area contributed by atoms with Gasteiger partial charge in [-0.05, 0) is 25.0 Å². The van der Waals surface area contributed by atoms with Crippen LogP contribution in [0.2, 0.25) is 0 Å². The summed E-state index contributed by atoms with van der Waals surface area (Å²) < 4.78 is 0. The lowest BCUT2D eigenvalue weighted by Crippen LogP contribution is -2.48. The lowest BCUT2D eigenvalue weighted by molar-refractivity contribution is -0.121. The summed E-state index contributed by atoms with van der Waals surface area (Å²) in [5.74, 6) is 0.160. The lowest BCUT2D eigenvalue weighted by Gasteiger charge is -2.39. The Morgan fingerprint density at radius 3 is 2.83 bits per heavy atom. The largest absolute Gasteiger partial charge is 0.288 e. The number of hydrogen-bond donors (Lipinski definition) is 1. The maximum Gasteiger partial charge on any atom is 0.236 e. The van der Waals surface area contributed by atoms with Crippen LogP contribution in [0.25, 0.3) is 0 Å². The zero-order valence-corrected chi connectivity index (χ0v) is 10.6. The van der Waals surface area contributed by atoms with Gasteiger partial charge in [0, 0.05) is 18.2 Å². The molecule has 2 fully saturated rings. The SMILES string of the molecule is O=C1CC2(CCCCC2)N(Cc2ccccn2)N1. The topological polar surface area (TPSA) is 45.2 Å². The number of carbonyl (C=O) groups excluding carboxylic acids is 1. The number of rotatable bonds is 2. The molecular formula is C14H19N3O. The summed E-state index contributed by atoms with van der Waals surface area (Å²) in [6, 6.07) is 5.93. The maximum absolute atomic E-state index is 11.7. The molecule has 4 heteroatoms. The van der Waals surface area contributed by atoms with Gasteiger partial charge in [-0.2, -0.15) is 0 Å². The van der Waals surface area contributed by atoms with Crippen LogP contribution in [-0.4, -0.2) is 21.4 Å². The number of pyridine rings is 1. The lowest BCUT2D eigenvalue weighted by atomic mass is 9.79. The molecule has 1 aliphatic carbocycles. The molecule has 4 nitrogen and oxygen atoms in total. The van der Waals surface area contributed by atoms with Crippen LogP contribution in [0, 0.1) is 0 Å². The minimum absolute atomic E-state index is 0.0485. The van der Waals surface area contributed by atoms with E-state index in [1.54, 1.807) is 6.20 Å². The molecule has 0 atom stereocenters. The number of aromatic nitrogens is 1. The number of carbonyl (C=O) groups is 1. The van der Waals surface area contributed by atoms with Crippen molar-refractivity contribution in [2.75, 3.05) is 0 Å². The molecule has 0 bridgehead atoms. The van der Waals surface area contributed by atoms with Crippen molar-refractivity contribution in [1.82, 2.24) is 15.4 Å². The summed E-state index contributed by atoms with van der Waals surface area (Å²) in [7, 11) is 0. The first-order valence-electron chi connectivity index (χ1n) is 6.76. The molecule has 1 N–H and O–H groups in total. The second kappa shape index (κ2) is 4.69. The first-order chi connectivity index (χ1) is 8.78. The van der Waals surface area contributed by atoms with Crippen LogP contribution in [0.1, 0.15) is 44.2 Å². The number of hydrogen-bond acceptors (Lipinski definition) is 3. The molecule has 0 radical (unpaired) electrons. The number of hydrazine groups is 1. The van der Waals surface area contributed by atoms with Gasteiger partial charge in [0.15, 0.2) is 0 Å². The molecule has 1 amide bonds. The predicted octanol–water partition coefficient (Wildman–Crippen LogP) is 2.02. The molecule has 18 heavy (non-hydrogen) atoms. The van der Waals surface area contributed by atoms with Gasteiger partial charge in [-0.3, -0.25) is 15.2 Å². The van der Waals surface area contributed by atoms with Gasteiger partial charge in [0.1, 0.15) is 0 Å². The molecule has 2 aliphatic rings. The highest BCUT2D eigenvalue weighted by molar-refractivity contribution is 5.79. The number of nitrogens with zero attached hydrogens (tertiary/aromatic N) is 2. The second-order valence-corrected chi connectivity index (χ2v) is 5.40. The van der Waals surface area contributed by atoms with Crippen molar-refractivity contribution in [2.24, 2.45) is 0 Å². The molecular weight excluding hydrogens is 226 g/mol. The van der Waals surface area contributed by atoms with Crippen LogP contribution < -0.4 is 5.43 Å². The van der Waals surface area contributed by atoms with Gasteiger partial charge in [0.05, 0.1) is 12.2 Å². The quantitative estimate of drug-likeness (QED) is 0.867. The number of amides is 1. The minimum Gasteiger partial charge on any atom is -0.288 e. The highest BCUT2D eigenvalue weighted by Crippen LogP contribution is 2.39. The third-order valence-corrected chi connectivity index (χ3v) is 4.15. The molecule has 1 aromatic heterocycles. The highest BCUT2D eigenvalue weighted by atomic mass is 16.2. The van der Waals surface area contributed by atoms with E-state index in [1.165, 1.54) is 19.3 Å². The zero-order chi connectivity index (χ0) is 12.4. The van der Waals surface area contributed by atoms with Crippen LogP contribution >= 0.6 is 0 Å². The Hall–Kier alpha value is -1.42. The molecule has 96 valence electrons. The summed E-state index contributed by atoms with van der Waals surface area (Å²) in [6.07, 6.45) is 8.46. The van der Waals surface area contributed by atoms with Crippen LogP contribution in [0.3, 0.4) is 0 Å². The van der Waals surface area contributed by atoms with Crippen molar-refractivity contribution in [2.45, 2.75) is 50.6 Å². The van der Waals surface area contributed by atoms with Crippen molar-refractivity contribution in [3.63, 3.8) is 0 Å². The molecule has 2 heterocycles. The van der Waals surface area contributed by atoms with E-state index in [0.717, 1.165) is 18.5 Å². The molecule has 1 saturated heterocycles. The third-order valence-electron chi connectivity index (χ3n) is 4.15. The van der Waals surface area contributed by atoms with Gasteiger partial charge in [0.25, 0.3) is 0 Å². The maximum atomic E-state index is 11.7. The summed E-state index contributed by atoms with van der Waals surface area (Å²) >= 11 is 0. The number of nitrogens with one attached hydrogen (secondary N) is 1. The average Bonchev–Trinajstić information content (AvgIpc) is 2.67. The summed E-state index contributed by atoms with van der Waals surface area (Å²) in [5, 5.41) is 2.14. The summed E-state index contributed by atoms with van der Waals surface area (Å²) in [4.78, 5) is 16.1. The van der Waals surface area contributed by atoms with Gasteiger partial charge in [0.2, 0.25) is 5.91 Å². The van der Waals surface area contributed by atoms with Gasteiger partial charge in [-0.1, -0.05) is 25.3 Å². The van der Waals surface area contributed by atoms with E-state index in [2.05, 4.69) is 15.4 Å². The summed E-state index contributed by atoms with van der Waals surface area (Å²) in [5.41, 5.74) is 4.08. The van der Waals surface area contributed by atoms with Crippen molar-refractivity contribution in [1.29, 1.82) is 0 Å². The van der Waals surface area contributed by atoms with Gasteiger partial charge in [-0.25, -0.2) is 5.01 Å². The van der Waals surface area contributed by atoms with Crippen molar-refractivity contribution in [3.05, 3.63) is 30.1 Å². The van der Waals surface area contributed by atoms with E-state index in [4.69, 9.17) is 0 Å². The third kappa shape index (κ3) is 2.12. The monoisotopic (exact) mass is 245 g/mol. The average molecular weight is 245 g/mol. The standard InChI is InChI=1S/C14H19N3O/c18-13-10-14(7-3-1-4-8-14)17(16-13)11-12-6-2-5-9-15-12/h2,5-6,9H,1,3-4,7-8,10-11H2,(H,16,18). The van der Waals surface area contributed by atoms with E-state index in [1.807, 2.05) is 18.2 Å². The fourth-order valence-corrected chi connectivity index (χ4v) is 3.22. The van der Waals surface area contributed by atoms with Crippen molar-refractivity contribution in [3.8, 4) is 0 Å². The smallest absolute Gasteiger partial charge is 0.236 e. The summed E-state index contributed by atoms with van der Waals surface area (Å²) in [6.45, 7) is 0.715. The van der Waals surface area contributed by atoms with Crippen molar-refractivity contribution < 1.29 is 4.79 Å². The fraction of sp³-hybridized carbons (Fsp3) is 0.571. The minimum atomic E-state index is 0.0485. The molecule has 0 unspecified atom stereocenters. The Bertz CT molecular complexity index is 426. The highest BCUT2D eigenvalue weighted by Gasteiger charge is 2.45. The van der Waals surface area contributed by atoms with E-state index < -0.39 is 0 Å². The molecule has 1 saturated carbocycles.